The van der Waals surface area contributed by atoms with Crippen molar-refractivity contribution in [1.82, 2.24) is 9.97 Å². The fourth-order valence-corrected chi connectivity index (χ4v) is 1.54. The molecular formula is C12H11F2N5. The van der Waals surface area contributed by atoms with E-state index in [4.69, 9.17) is 11.5 Å². The summed E-state index contributed by atoms with van der Waals surface area (Å²) in [6.07, 6.45) is 3.49. The van der Waals surface area contributed by atoms with Crippen LogP contribution in [0.25, 0.3) is 11.0 Å². The molecule has 0 saturated carbocycles. The van der Waals surface area contributed by atoms with Crippen molar-refractivity contribution in [3.05, 3.63) is 54.1 Å². The number of hydrogen-bond donors (Lipinski definition) is 3. The first-order chi connectivity index (χ1) is 9.02. The molecule has 0 bridgehead atoms. The number of aromatic nitrogens is 2. The lowest BCUT2D eigenvalue weighted by Gasteiger charge is -2.00. The van der Waals surface area contributed by atoms with Crippen LogP contribution < -0.4 is 11.5 Å². The molecule has 0 spiro atoms. The first-order valence-corrected chi connectivity index (χ1v) is 5.27. The largest absolute Gasteiger partial charge is 0.383 e. The fourth-order valence-electron chi connectivity index (χ4n) is 1.54. The third-order valence-electron chi connectivity index (χ3n) is 2.44. The van der Waals surface area contributed by atoms with Gasteiger partial charge in [-0.1, -0.05) is 6.58 Å². The molecule has 0 aromatic carbocycles. The van der Waals surface area contributed by atoms with Gasteiger partial charge in [-0.05, 0) is 12.1 Å². The fraction of sp³-hybridized carbons (Fsp3) is 0. The number of amidine groups is 1. The van der Waals surface area contributed by atoms with E-state index in [1.165, 1.54) is 12.3 Å². The van der Waals surface area contributed by atoms with Crippen molar-refractivity contribution in [2.45, 2.75) is 0 Å². The SMILES string of the molecule is C=C/C(F)=C(/N)N=C(N)c1c[nH]c2ncc(F)cc12. The van der Waals surface area contributed by atoms with E-state index < -0.39 is 17.5 Å². The third-order valence-corrected chi connectivity index (χ3v) is 2.44. The van der Waals surface area contributed by atoms with Crippen LogP contribution in [0.1, 0.15) is 5.56 Å². The van der Waals surface area contributed by atoms with Crippen molar-refractivity contribution in [1.29, 1.82) is 0 Å². The average molecular weight is 263 g/mol. The highest BCUT2D eigenvalue weighted by atomic mass is 19.1. The number of nitrogens with zero attached hydrogens (tertiary/aromatic N) is 2. The molecule has 0 fully saturated rings. The Kier molecular flexibility index (Phi) is 3.28. The van der Waals surface area contributed by atoms with Crippen LogP contribution in [-0.2, 0) is 0 Å². The molecule has 2 rings (SSSR count). The molecular weight excluding hydrogens is 252 g/mol. The number of nitrogens with one attached hydrogen (secondary N) is 1. The van der Waals surface area contributed by atoms with Crippen LogP contribution in [0.3, 0.4) is 0 Å². The second-order valence-corrected chi connectivity index (χ2v) is 3.69. The van der Waals surface area contributed by atoms with Gasteiger partial charge in [0.25, 0.3) is 0 Å². The molecule has 0 atom stereocenters. The Morgan fingerprint density at radius 3 is 2.89 bits per heavy atom. The summed E-state index contributed by atoms with van der Waals surface area (Å²) in [5.74, 6) is -1.74. The zero-order valence-electron chi connectivity index (χ0n) is 9.82. The number of rotatable bonds is 3. The molecule has 5 N–H and O–H groups in total. The topological polar surface area (TPSA) is 93.1 Å². The predicted molar refractivity (Wildman–Crippen MR) is 69.3 cm³/mol. The van der Waals surface area contributed by atoms with Gasteiger partial charge in [0.15, 0.2) is 11.6 Å². The molecule has 2 heterocycles. The zero-order chi connectivity index (χ0) is 14.0. The quantitative estimate of drug-likeness (QED) is 0.447. The lowest BCUT2D eigenvalue weighted by molar-refractivity contribution is 0.624. The number of hydrogen-bond acceptors (Lipinski definition) is 3. The van der Waals surface area contributed by atoms with Crippen molar-refractivity contribution < 1.29 is 8.78 Å². The number of fused-ring (bicyclic) bond motifs is 1. The number of nitrogens with two attached hydrogens (primary N) is 2. The Hall–Kier alpha value is -2.70. The summed E-state index contributed by atoms with van der Waals surface area (Å²) in [7, 11) is 0. The molecule has 0 aliphatic heterocycles. The lowest BCUT2D eigenvalue weighted by Crippen LogP contribution is -2.15. The van der Waals surface area contributed by atoms with Crippen LogP contribution in [0.4, 0.5) is 8.78 Å². The van der Waals surface area contributed by atoms with E-state index in [9.17, 15) is 8.78 Å². The van der Waals surface area contributed by atoms with E-state index in [1.54, 1.807) is 0 Å². The van der Waals surface area contributed by atoms with E-state index >= 15 is 0 Å². The van der Waals surface area contributed by atoms with Gasteiger partial charge in [0.1, 0.15) is 17.3 Å². The van der Waals surface area contributed by atoms with E-state index in [0.29, 0.717) is 16.6 Å². The zero-order valence-corrected chi connectivity index (χ0v) is 9.82. The Labute approximate surface area is 107 Å². The van der Waals surface area contributed by atoms with Gasteiger partial charge < -0.3 is 16.5 Å². The van der Waals surface area contributed by atoms with Crippen LogP contribution in [0.5, 0.6) is 0 Å². The van der Waals surface area contributed by atoms with Gasteiger partial charge in [0, 0.05) is 17.1 Å². The van der Waals surface area contributed by atoms with Crippen LogP contribution in [-0.4, -0.2) is 15.8 Å². The first kappa shape index (κ1) is 12.7. The van der Waals surface area contributed by atoms with Crippen molar-refractivity contribution in [2.75, 3.05) is 0 Å². The number of halogens is 2. The molecule has 19 heavy (non-hydrogen) atoms. The van der Waals surface area contributed by atoms with Crippen molar-refractivity contribution in [3.63, 3.8) is 0 Å². The molecule has 2 aromatic heterocycles. The normalized spacial score (nSPS) is 13.5. The second kappa shape index (κ2) is 4.89. The van der Waals surface area contributed by atoms with E-state index in [0.717, 1.165) is 12.3 Å². The highest BCUT2D eigenvalue weighted by Gasteiger charge is 2.10. The molecule has 0 saturated heterocycles. The summed E-state index contributed by atoms with van der Waals surface area (Å²) in [5, 5.41) is 0.438. The van der Waals surface area contributed by atoms with Gasteiger partial charge in [0.2, 0.25) is 0 Å². The summed E-state index contributed by atoms with van der Waals surface area (Å²) in [5.41, 5.74) is 11.9. The van der Waals surface area contributed by atoms with Crippen LogP contribution in [0.2, 0.25) is 0 Å². The maximum Gasteiger partial charge on any atom is 0.164 e. The van der Waals surface area contributed by atoms with Crippen LogP contribution in [0.15, 0.2) is 47.8 Å². The summed E-state index contributed by atoms with van der Waals surface area (Å²) >= 11 is 0. The minimum absolute atomic E-state index is 0.0480. The number of aromatic amines is 1. The summed E-state index contributed by atoms with van der Waals surface area (Å²) in [6.45, 7) is 3.22. The maximum absolute atomic E-state index is 13.1. The highest BCUT2D eigenvalue weighted by molar-refractivity contribution is 6.08. The molecule has 0 aliphatic rings. The Morgan fingerprint density at radius 2 is 2.21 bits per heavy atom. The van der Waals surface area contributed by atoms with Gasteiger partial charge >= 0.3 is 0 Å². The van der Waals surface area contributed by atoms with Gasteiger partial charge in [0.05, 0.1) is 6.20 Å². The molecule has 0 radical (unpaired) electrons. The Bertz CT molecular complexity index is 699. The molecule has 2 aromatic rings. The van der Waals surface area contributed by atoms with E-state index in [1.807, 2.05) is 0 Å². The first-order valence-electron chi connectivity index (χ1n) is 5.27. The van der Waals surface area contributed by atoms with E-state index in [-0.39, 0.29) is 5.84 Å². The van der Waals surface area contributed by atoms with Crippen molar-refractivity contribution in [3.8, 4) is 0 Å². The van der Waals surface area contributed by atoms with Gasteiger partial charge in [-0.3, -0.25) is 0 Å². The smallest absolute Gasteiger partial charge is 0.164 e. The summed E-state index contributed by atoms with van der Waals surface area (Å²) in [4.78, 5) is 10.3. The number of H-pyrrole nitrogens is 1. The molecule has 7 heteroatoms. The second-order valence-electron chi connectivity index (χ2n) is 3.69. The highest BCUT2D eigenvalue weighted by Crippen LogP contribution is 2.17. The number of pyridine rings is 1. The minimum Gasteiger partial charge on any atom is -0.383 e. The van der Waals surface area contributed by atoms with Gasteiger partial charge in [-0.2, -0.15) is 0 Å². The van der Waals surface area contributed by atoms with Crippen LogP contribution >= 0.6 is 0 Å². The summed E-state index contributed by atoms with van der Waals surface area (Å²) in [6, 6.07) is 1.25. The minimum atomic E-state index is -0.785. The van der Waals surface area contributed by atoms with Gasteiger partial charge in [-0.25, -0.2) is 18.8 Å². The predicted octanol–water partition coefficient (Wildman–Crippen LogP) is 1.69. The standard InChI is InChI=1S/C12H11F2N5/c1-2-9(14)11(16)19-10(15)8-5-18-12-7(8)3-6(13)4-17-12/h2-5H,1,16H2,(H2,15,19)(H,17,18)/b11-9+. The monoisotopic (exact) mass is 263 g/mol. The van der Waals surface area contributed by atoms with Gasteiger partial charge in [-0.15, -0.1) is 0 Å². The van der Waals surface area contributed by atoms with Crippen molar-refractivity contribution >= 4 is 16.9 Å². The Morgan fingerprint density at radius 1 is 1.47 bits per heavy atom. The van der Waals surface area contributed by atoms with Crippen molar-refractivity contribution in [2.24, 2.45) is 16.5 Å². The molecule has 98 valence electrons. The number of aliphatic imine (C=N–C) groups is 1. The Balaban J connectivity index is 2.53. The maximum atomic E-state index is 13.1. The lowest BCUT2D eigenvalue weighted by atomic mass is 10.2. The summed E-state index contributed by atoms with van der Waals surface area (Å²) < 4.78 is 26.2. The molecule has 0 amide bonds. The average Bonchev–Trinajstić information content (AvgIpc) is 2.80. The molecule has 5 nitrogen and oxygen atoms in total. The number of allylic oxidation sites excluding steroid dienone is 2. The molecule has 0 aliphatic carbocycles. The third kappa shape index (κ3) is 2.44. The molecule has 0 unspecified atom stereocenters. The van der Waals surface area contributed by atoms with E-state index in [2.05, 4.69) is 21.5 Å². The van der Waals surface area contributed by atoms with Crippen LogP contribution in [0, 0.1) is 5.82 Å².